The maximum Gasteiger partial charge on any atom is 1.00 e. The predicted octanol–water partition coefficient (Wildman–Crippen LogP) is -2.70. The van der Waals surface area contributed by atoms with Crippen molar-refractivity contribution < 1.29 is 47.5 Å². The van der Waals surface area contributed by atoms with Crippen molar-refractivity contribution in [2.45, 2.75) is 13.5 Å². The molecule has 0 atom stereocenters. The van der Waals surface area contributed by atoms with Gasteiger partial charge in [-0.3, -0.25) is 0 Å². The summed E-state index contributed by atoms with van der Waals surface area (Å²) in [5.74, 6) is 0.126. The van der Waals surface area contributed by atoms with Gasteiger partial charge in [-0.1, -0.05) is 0 Å². The maximum absolute atomic E-state index is 10.6. The summed E-state index contributed by atoms with van der Waals surface area (Å²) in [6.45, 7) is 1.61. The minimum Gasteiger partial charge on any atom is -0.739 e. The van der Waals surface area contributed by atoms with E-state index in [-0.39, 0.29) is 58.5 Å². The molecule has 0 aliphatic rings. The van der Waals surface area contributed by atoms with E-state index in [1.54, 1.807) is 6.92 Å². The topological polar surface area (TPSA) is 118 Å². The summed E-state index contributed by atoms with van der Waals surface area (Å²) in [4.78, 5) is 13.7. The Kier molecular flexibility index (Phi) is 6.66. The van der Waals surface area contributed by atoms with Crippen molar-refractivity contribution in [2.24, 2.45) is 0 Å². The fourth-order valence-corrected chi connectivity index (χ4v) is 2.41. The molecule has 8 nitrogen and oxygen atoms in total. The van der Waals surface area contributed by atoms with Gasteiger partial charge in [0.2, 0.25) is 0 Å². The summed E-state index contributed by atoms with van der Waals surface area (Å²) >= 11 is 0. The maximum atomic E-state index is 10.6. The molecule has 1 rings (SSSR count). The number of nitro groups is 1. The Labute approximate surface area is 123 Å². The third-order valence-electron chi connectivity index (χ3n) is 1.76. The summed E-state index contributed by atoms with van der Waals surface area (Å²) in [6.07, 6.45) is 1.09. The van der Waals surface area contributed by atoms with Crippen LogP contribution in [-0.2, 0) is 15.7 Å². The van der Waals surface area contributed by atoms with Crippen molar-refractivity contribution in [2.75, 3.05) is 5.75 Å². The minimum atomic E-state index is -4.36. The number of hydrogen-bond donors (Lipinski definition) is 0. The fourth-order valence-electron chi connectivity index (χ4n) is 1.11. The second-order valence-corrected chi connectivity index (χ2v) is 6.19. The van der Waals surface area contributed by atoms with Crippen LogP contribution in [0.3, 0.4) is 0 Å². The van der Waals surface area contributed by atoms with Crippen molar-refractivity contribution in [3.63, 3.8) is 0 Å². The van der Waals surface area contributed by atoms with Crippen LogP contribution in [-0.4, -0.2) is 33.2 Å². The molecule has 0 fully saturated rings. The average Bonchev–Trinajstić information content (AvgIpc) is 2.46. The molecule has 0 N–H and O–H groups in total. The van der Waals surface area contributed by atoms with Gasteiger partial charge < -0.3 is 14.7 Å². The number of aryl methyl sites for hydroxylation is 1. The molecule has 1 aromatic heterocycles. The van der Waals surface area contributed by atoms with Crippen LogP contribution in [0.5, 0.6) is 0 Å². The number of hydrogen-bond acceptors (Lipinski definition) is 7. The zero-order valence-corrected chi connectivity index (χ0v) is 12.8. The van der Waals surface area contributed by atoms with Crippen LogP contribution in [0.15, 0.2) is 6.20 Å². The molecular formula is C6H8N3NaO5S2. The van der Waals surface area contributed by atoms with E-state index in [1.807, 2.05) is 0 Å². The molecule has 0 saturated carbocycles. The Hall–Kier alpha value is -0.130. The summed E-state index contributed by atoms with van der Waals surface area (Å²) in [5.41, 5.74) is 0. The van der Waals surface area contributed by atoms with Gasteiger partial charge in [-0.25, -0.2) is 18.0 Å². The van der Waals surface area contributed by atoms with Crippen molar-refractivity contribution in [3.05, 3.63) is 22.1 Å². The average molecular weight is 289 g/mol. The van der Waals surface area contributed by atoms with Crippen LogP contribution in [0.1, 0.15) is 5.82 Å². The second kappa shape index (κ2) is 6.71. The smallest absolute Gasteiger partial charge is 0.739 e. The first-order valence-electron chi connectivity index (χ1n) is 4.08. The second-order valence-electron chi connectivity index (χ2n) is 2.80. The fraction of sp³-hybridized carbons (Fsp3) is 0.500. The van der Waals surface area contributed by atoms with Gasteiger partial charge in [0.15, 0.2) is 5.82 Å². The van der Waals surface area contributed by atoms with E-state index in [0.717, 1.165) is 6.20 Å². The van der Waals surface area contributed by atoms with Crippen LogP contribution in [0.25, 0.3) is 0 Å². The molecule has 0 saturated heterocycles. The molecule has 0 aromatic carbocycles. The van der Waals surface area contributed by atoms with Gasteiger partial charge in [-0.15, -0.1) is 0 Å². The molecule has 1 heterocycles. The molecule has 0 aliphatic carbocycles. The van der Waals surface area contributed by atoms with Gasteiger partial charge in [0, 0.05) is 12.7 Å². The third kappa shape index (κ3) is 5.36. The molecule has 1 aromatic rings. The van der Waals surface area contributed by atoms with E-state index in [1.165, 1.54) is 4.57 Å². The number of imidazole rings is 1. The van der Waals surface area contributed by atoms with Crippen molar-refractivity contribution >= 4 is 25.8 Å². The van der Waals surface area contributed by atoms with Gasteiger partial charge in [-0.2, -0.15) is 0 Å². The van der Waals surface area contributed by atoms with Crippen molar-refractivity contribution in [1.29, 1.82) is 0 Å². The molecule has 0 amide bonds. The van der Waals surface area contributed by atoms with Crippen molar-refractivity contribution in [1.82, 2.24) is 9.55 Å². The van der Waals surface area contributed by atoms with Gasteiger partial charge >= 0.3 is 35.4 Å². The first-order valence-corrected chi connectivity index (χ1v) is 6.99. The first kappa shape index (κ1) is 16.9. The summed E-state index contributed by atoms with van der Waals surface area (Å²) in [7, 11) is -4.15. The summed E-state index contributed by atoms with van der Waals surface area (Å²) in [6, 6.07) is 0. The van der Waals surface area contributed by atoms with Gasteiger partial charge in [-0.05, 0) is 15.7 Å². The molecule has 11 heteroatoms. The molecule has 90 valence electrons. The van der Waals surface area contributed by atoms with Crippen LogP contribution in [0.2, 0.25) is 0 Å². The van der Waals surface area contributed by atoms with E-state index < -0.39 is 14.1 Å². The van der Waals surface area contributed by atoms with E-state index in [9.17, 15) is 23.1 Å². The number of aromatic nitrogens is 2. The number of nitrogens with zero attached hydrogens (tertiary/aromatic N) is 3. The molecule has 0 radical (unpaired) electrons. The SMILES string of the molecule is Cc1ncc([N+](=O)[O-])n1CCSS(=O)(=O)[O-].[Na+]. The van der Waals surface area contributed by atoms with Crippen LogP contribution >= 0.6 is 10.8 Å². The Bertz CT molecular complexity index is 500. The predicted molar refractivity (Wildman–Crippen MR) is 55.8 cm³/mol. The Morgan fingerprint density at radius 3 is 2.65 bits per heavy atom. The van der Waals surface area contributed by atoms with E-state index in [4.69, 9.17) is 0 Å². The zero-order chi connectivity index (χ0) is 12.3. The Balaban J connectivity index is 0.00000256. The van der Waals surface area contributed by atoms with Gasteiger partial charge in [0.05, 0.1) is 0 Å². The molecule has 17 heavy (non-hydrogen) atoms. The standard InChI is InChI=1S/C6H9N3O5S2.Na/c1-5-7-4-6(9(10)11)8(5)2-3-15-16(12,13)14;/h4H,2-3H2,1H3,(H,12,13,14);/q;+1/p-1. The van der Waals surface area contributed by atoms with E-state index >= 15 is 0 Å². The normalized spacial score (nSPS) is 10.9. The molecule has 0 unspecified atom stereocenters. The van der Waals surface area contributed by atoms with E-state index in [0.29, 0.717) is 5.82 Å². The van der Waals surface area contributed by atoms with Gasteiger partial charge in [0.25, 0.3) is 0 Å². The molecule has 0 aliphatic heterocycles. The summed E-state index contributed by atoms with van der Waals surface area (Å²) in [5, 5.41) is 10.6. The van der Waals surface area contributed by atoms with Gasteiger partial charge in [0.1, 0.15) is 21.9 Å². The molecule has 0 bridgehead atoms. The zero-order valence-electron chi connectivity index (χ0n) is 9.19. The Morgan fingerprint density at radius 2 is 2.18 bits per heavy atom. The largest absolute Gasteiger partial charge is 1.00 e. The third-order valence-corrected chi connectivity index (χ3v) is 3.77. The van der Waals surface area contributed by atoms with Crippen LogP contribution < -0.4 is 29.6 Å². The monoisotopic (exact) mass is 289 g/mol. The minimum absolute atomic E-state index is 0. The quantitative estimate of drug-likeness (QED) is 0.190. The molecule has 0 spiro atoms. The van der Waals surface area contributed by atoms with Crippen LogP contribution in [0.4, 0.5) is 5.82 Å². The number of rotatable bonds is 5. The summed E-state index contributed by atoms with van der Waals surface area (Å²) < 4.78 is 32.2. The first-order chi connectivity index (χ1) is 7.31. The van der Waals surface area contributed by atoms with Crippen LogP contribution in [0, 0.1) is 17.0 Å². The molecular weight excluding hydrogens is 281 g/mol. The van der Waals surface area contributed by atoms with E-state index in [2.05, 4.69) is 4.98 Å². The van der Waals surface area contributed by atoms with Crippen molar-refractivity contribution in [3.8, 4) is 0 Å². The Morgan fingerprint density at radius 1 is 1.59 bits per heavy atom.